The number of piperidine rings is 1. The summed E-state index contributed by atoms with van der Waals surface area (Å²) in [6.45, 7) is 12.7. The number of carbonyl (C=O) groups is 8. The van der Waals surface area contributed by atoms with E-state index in [4.69, 9.17) is 14.2 Å². The fourth-order valence-electron chi connectivity index (χ4n) is 7.73. The Kier molecular flexibility index (Phi) is 26.6. The zero-order chi connectivity index (χ0) is 51.8. The Morgan fingerprint density at radius 2 is 1.69 bits per heavy atom. The van der Waals surface area contributed by atoms with Gasteiger partial charge >= 0.3 is 18.0 Å². The number of hydrogen-bond donors (Lipinski definition) is 5. The summed E-state index contributed by atoms with van der Waals surface area (Å²) in [5.41, 5.74) is 5.35. The number of likely N-dealkylation sites (tertiary alicyclic amines) is 1. The van der Waals surface area contributed by atoms with Crippen molar-refractivity contribution in [2.45, 2.75) is 143 Å². The van der Waals surface area contributed by atoms with Crippen LogP contribution in [-0.4, -0.2) is 130 Å². The normalized spacial score (nSPS) is 16.3. The largest absolute Gasteiger partial charge is 0.508 e. The van der Waals surface area contributed by atoms with Crippen LogP contribution in [0.15, 0.2) is 29.6 Å². The molecule has 22 heteroatoms. The minimum absolute atomic E-state index is 0.00410. The SMILES string of the molecule is CCCC(=O)OCN(C(=O)[C@@H](NC(=O)[C@H]1CCCCN1C)C(C)CC)[C@H](C[C@@H](OC(C)=O)c1nc(C(=O)N[C@@H](Cc2ccc(O)cc2)CC(C)C(=O)NNC(=O)OCCSSCCC=O)cs1)C(C)C. The van der Waals surface area contributed by atoms with E-state index in [-0.39, 0.29) is 66.5 Å². The maximum absolute atomic E-state index is 14.9. The van der Waals surface area contributed by atoms with Crippen LogP contribution in [0.5, 0.6) is 5.75 Å². The second-order valence-electron chi connectivity index (χ2n) is 17.8. The van der Waals surface area contributed by atoms with Gasteiger partial charge in [0.2, 0.25) is 17.7 Å². The van der Waals surface area contributed by atoms with E-state index in [1.165, 1.54) is 50.9 Å². The molecule has 1 saturated heterocycles. The number of aromatic hydroxyl groups is 1. The number of phenols is 1. The molecule has 2 heterocycles. The lowest BCUT2D eigenvalue weighted by Gasteiger charge is -2.39. The van der Waals surface area contributed by atoms with Crippen LogP contribution in [0, 0.1) is 17.8 Å². The first-order chi connectivity index (χ1) is 33.4. The third-order valence-corrected chi connectivity index (χ3v) is 15.2. The lowest BCUT2D eigenvalue weighted by molar-refractivity contribution is -0.160. The summed E-state index contributed by atoms with van der Waals surface area (Å²) in [5, 5.41) is 17.7. The summed E-state index contributed by atoms with van der Waals surface area (Å²) in [4.78, 5) is 112. The van der Waals surface area contributed by atoms with Gasteiger partial charge in [-0.05, 0) is 75.2 Å². The molecule has 0 spiro atoms. The van der Waals surface area contributed by atoms with E-state index >= 15 is 0 Å². The van der Waals surface area contributed by atoms with Crippen LogP contribution in [-0.2, 0) is 49.4 Å². The van der Waals surface area contributed by atoms with Crippen LogP contribution >= 0.6 is 32.9 Å². The summed E-state index contributed by atoms with van der Waals surface area (Å²) in [5.74, 6) is -3.07. The number of rotatable bonds is 29. The number of thiazole rings is 1. The first kappa shape index (κ1) is 59.4. The molecule has 0 bridgehead atoms. The van der Waals surface area contributed by atoms with Crippen molar-refractivity contribution in [1.29, 1.82) is 0 Å². The van der Waals surface area contributed by atoms with Crippen molar-refractivity contribution in [3.63, 3.8) is 0 Å². The number of aromatic nitrogens is 1. The van der Waals surface area contributed by atoms with Gasteiger partial charge in [-0.15, -0.1) is 11.3 Å². The summed E-state index contributed by atoms with van der Waals surface area (Å²) in [7, 11) is 4.83. The summed E-state index contributed by atoms with van der Waals surface area (Å²) >= 11 is 1.08. The Hall–Kier alpha value is -4.93. The number of ether oxygens (including phenoxy) is 3. The minimum Gasteiger partial charge on any atom is -0.508 e. The van der Waals surface area contributed by atoms with E-state index in [1.807, 2.05) is 46.6 Å². The first-order valence-corrected chi connectivity index (χ1v) is 27.3. The average Bonchev–Trinajstić information content (AvgIpc) is 3.82. The number of likely N-dealkylation sites (N-methyl/N-ethyl adjacent to an activating group) is 1. The molecule has 5 N–H and O–H groups in total. The van der Waals surface area contributed by atoms with Gasteiger partial charge in [0.25, 0.3) is 5.91 Å². The molecule has 19 nitrogen and oxygen atoms in total. The van der Waals surface area contributed by atoms with Crippen molar-refractivity contribution in [3.8, 4) is 5.75 Å². The Balaban J connectivity index is 1.85. The zero-order valence-corrected chi connectivity index (χ0v) is 44.1. The Labute approximate surface area is 423 Å². The molecular weight excluding hydrogens is 963 g/mol. The van der Waals surface area contributed by atoms with Gasteiger partial charge < -0.3 is 39.6 Å². The lowest BCUT2D eigenvalue weighted by Crippen LogP contribution is -2.59. The number of carbonyl (C=O) groups excluding carboxylic acids is 8. The van der Waals surface area contributed by atoms with Crippen molar-refractivity contribution < 1.29 is 57.7 Å². The standard InChI is InChI=1S/C48H73N7O12S3/c1-9-14-41(59)66-29-55(47(63)42(31(5)10-2)51-45(62)38-15-11-12-20-54(38)8)39(30(3)4)27-40(67-33(7)57)46-50-37(28-68-46)44(61)49-35(26-34-16-18-36(58)19-17-34)25-32(6)43(60)52-53-48(64)65-22-24-70-69-23-13-21-56/h16-19,21,28,30-32,35,38-40,42,58H,9-15,20,22-27,29H2,1-8H3,(H,49,61)(H,51,62)(H,52,60)(H,53,64)/t31?,32?,35-,38-,39-,40-,42+/m1/s1. The highest BCUT2D eigenvalue weighted by Gasteiger charge is 2.39. The van der Waals surface area contributed by atoms with E-state index in [0.29, 0.717) is 37.2 Å². The molecule has 70 heavy (non-hydrogen) atoms. The maximum Gasteiger partial charge on any atom is 0.426 e. The van der Waals surface area contributed by atoms with E-state index in [9.17, 15) is 43.5 Å². The molecule has 3 rings (SSSR count). The average molecular weight is 1040 g/mol. The highest BCUT2D eigenvalue weighted by atomic mass is 33.1. The third kappa shape index (κ3) is 20.4. The van der Waals surface area contributed by atoms with E-state index in [1.54, 1.807) is 19.1 Å². The van der Waals surface area contributed by atoms with Gasteiger partial charge in [-0.1, -0.05) is 88.1 Å². The van der Waals surface area contributed by atoms with Crippen molar-refractivity contribution >= 4 is 80.9 Å². The highest BCUT2D eigenvalue weighted by Crippen LogP contribution is 2.32. The van der Waals surface area contributed by atoms with E-state index in [2.05, 4.69) is 26.5 Å². The second kappa shape index (κ2) is 31.4. The van der Waals surface area contributed by atoms with Crippen LogP contribution in [0.25, 0.3) is 0 Å². The van der Waals surface area contributed by atoms with Crippen LogP contribution in [0.2, 0.25) is 0 Å². The van der Waals surface area contributed by atoms with Gasteiger partial charge in [-0.3, -0.25) is 39.1 Å². The van der Waals surface area contributed by atoms with Crippen LogP contribution in [0.4, 0.5) is 4.79 Å². The molecule has 0 aliphatic carbocycles. The number of phenolic OH excluding ortho intramolecular Hbond substituents is 1. The molecule has 2 unspecified atom stereocenters. The van der Waals surface area contributed by atoms with Crippen molar-refractivity contribution in [1.82, 2.24) is 36.3 Å². The fourth-order valence-corrected chi connectivity index (χ4v) is 10.4. The predicted molar refractivity (Wildman–Crippen MR) is 269 cm³/mol. The summed E-state index contributed by atoms with van der Waals surface area (Å²) in [6.07, 6.45) is 3.50. The van der Waals surface area contributed by atoms with Gasteiger partial charge in [0.15, 0.2) is 12.8 Å². The molecular formula is C48H73N7O12S3. The number of hydrogen-bond acceptors (Lipinski definition) is 17. The van der Waals surface area contributed by atoms with Crippen LogP contribution < -0.4 is 21.5 Å². The van der Waals surface area contributed by atoms with Gasteiger partial charge in [-0.2, -0.15) is 0 Å². The quantitative estimate of drug-likeness (QED) is 0.0117. The molecule has 0 saturated carbocycles. The Morgan fingerprint density at radius 3 is 2.33 bits per heavy atom. The molecule has 1 aromatic carbocycles. The van der Waals surface area contributed by atoms with Gasteiger partial charge in [-0.25, -0.2) is 15.2 Å². The van der Waals surface area contributed by atoms with Gasteiger partial charge in [0, 0.05) is 61.1 Å². The summed E-state index contributed by atoms with van der Waals surface area (Å²) < 4.78 is 16.6. The second-order valence-corrected chi connectivity index (χ2v) is 21.4. The van der Waals surface area contributed by atoms with Gasteiger partial charge in [0.1, 0.15) is 35.4 Å². The van der Waals surface area contributed by atoms with Crippen molar-refractivity contribution in [2.24, 2.45) is 17.8 Å². The molecule has 1 fully saturated rings. The third-order valence-electron chi connectivity index (χ3n) is 11.8. The number of hydrazine groups is 1. The highest BCUT2D eigenvalue weighted by molar-refractivity contribution is 8.76. The zero-order valence-electron chi connectivity index (χ0n) is 41.7. The van der Waals surface area contributed by atoms with Crippen molar-refractivity contribution in [3.05, 3.63) is 45.9 Å². The van der Waals surface area contributed by atoms with Crippen LogP contribution in [0.3, 0.4) is 0 Å². The molecule has 390 valence electrons. The molecule has 1 aromatic heterocycles. The Bertz CT molecular complexity index is 2010. The number of nitrogens with zero attached hydrogens (tertiary/aromatic N) is 3. The predicted octanol–water partition coefficient (Wildman–Crippen LogP) is 6.11. The summed E-state index contributed by atoms with van der Waals surface area (Å²) in [6, 6.07) is 3.69. The van der Waals surface area contributed by atoms with E-state index < -0.39 is 78.7 Å². The number of aldehydes is 1. The molecule has 7 atom stereocenters. The number of amides is 5. The van der Waals surface area contributed by atoms with Gasteiger partial charge in [0.05, 0.1) is 6.04 Å². The first-order valence-electron chi connectivity index (χ1n) is 24.0. The van der Waals surface area contributed by atoms with Crippen LogP contribution in [0.1, 0.15) is 133 Å². The molecule has 0 radical (unpaired) electrons. The molecule has 1 aliphatic rings. The monoisotopic (exact) mass is 1040 g/mol. The maximum atomic E-state index is 14.9. The number of benzene rings is 1. The fraction of sp³-hybridized carbons (Fsp3) is 0.646. The number of esters is 2. The smallest absolute Gasteiger partial charge is 0.426 e. The minimum atomic E-state index is -1.05. The number of nitrogens with one attached hydrogen (secondary N) is 4. The Morgan fingerprint density at radius 1 is 0.971 bits per heavy atom. The molecule has 5 amide bonds. The van der Waals surface area contributed by atoms with Crippen molar-refractivity contribution in [2.75, 3.05) is 38.4 Å². The van der Waals surface area contributed by atoms with E-state index in [0.717, 1.165) is 42.6 Å². The lowest BCUT2D eigenvalue weighted by atomic mass is 9.92. The molecule has 1 aliphatic heterocycles. The molecule has 2 aromatic rings. The topological polar surface area (TPSA) is 252 Å².